The third kappa shape index (κ3) is 5.36. The smallest absolute Gasteiger partial charge is 0.218 e. The fourth-order valence-corrected chi connectivity index (χ4v) is 2.24. The average molecular weight is 315 g/mol. The standard InChI is InChI=1S/C14H23BrN2O/c1-5-16-8-12-7-13(15)9-17-14(12)18-11(4)6-10(2)3/h7,9-11,16H,5-6,8H2,1-4H3. The topological polar surface area (TPSA) is 34.2 Å². The van der Waals surface area contributed by atoms with Gasteiger partial charge in [-0.15, -0.1) is 0 Å². The fourth-order valence-electron chi connectivity index (χ4n) is 1.86. The second kappa shape index (κ2) is 7.74. The zero-order valence-electron chi connectivity index (χ0n) is 11.7. The first-order valence-electron chi connectivity index (χ1n) is 6.54. The van der Waals surface area contributed by atoms with Crippen LogP contribution in [0.5, 0.6) is 5.88 Å². The third-order valence-electron chi connectivity index (χ3n) is 2.57. The zero-order chi connectivity index (χ0) is 13.5. The molecule has 1 atom stereocenters. The van der Waals surface area contributed by atoms with Gasteiger partial charge in [0.15, 0.2) is 0 Å². The molecule has 0 aliphatic heterocycles. The van der Waals surface area contributed by atoms with Crippen molar-refractivity contribution in [2.75, 3.05) is 6.54 Å². The summed E-state index contributed by atoms with van der Waals surface area (Å²) >= 11 is 3.45. The molecule has 1 heterocycles. The Morgan fingerprint density at radius 2 is 2.11 bits per heavy atom. The molecule has 3 nitrogen and oxygen atoms in total. The highest BCUT2D eigenvalue weighted by Crippen LogP contribution is 2.22. The summed E-state index contributed by atoms with van der Waals surface area (Å²) in [5, 5.41) is 3.31. The van der Waals surface area contributed by atoms with Crippen molar-refractivity contribution in [1.82, 2.24) is 10.3 Å². The van der Waals surface area contributed by atoms with Gasteiger partial charge in [-0.1, -0.05) is 20.8 Å². The molecule has 1 rings (SSSR count). The molecule has 0 aliphatic carbocycles. The minimum atomic E-state index is 0.194. The molecule has 0 bridgehead atoms. The van der Waals surface area contributed by atoms with Gasteiger partial charge in [0.2, 0.25) is 5.88 Å². The predicted octanol–water partition coefficient (Wildman–Crippen LogP) is 3.77. The number of nitrogens with zero attached hydrogens (tertiary/aromatic N) is 1. The van der Waals surface area contributed by atoms with Gasteiger partial charge in [-0.2, -0.15) is 0 Å². The summed E-state index contributed by atoms with van der Waals surface area (Å²) < 4.78 is 6.92. The van der Waals surface area contributed by atoms with Crippen molar-refractivity contribution in [2.45, 2.75) is 46.8 Å². The first-order valence-corrected chi connectivity index (χ1v) is 7.34. The summed E-state index contributed by atoms with van der Waals surface area (Å²) in [5.41, 5.74) is 1.10. The molecule has 1 aromatic rings. The summed E-state index contributed by atoms with van der Waals surface area (Å²) in [6.07, 6.45) is 3.02. The van der Waals surface area contributed by atoms with E-state index in [1.807, 2.05) is 0 Å². The van der Waals surface area contributed by atoms with Gasteiger partial charge in [-0.25, -0.2) is 4.98 Å². The maximum Gasteiger partial charge on any atom is 0.218 e. The van der Waals surface area contributed by atoms with Crippen LogP contribution >= 0.6 is 15.9 Å². The molecule has 18 heavy (non-hydrogen) atoms. The van der Waals surface area contributed by atoms with Crippen molar-refractivity contribution in [3.05, 3.63) is 22.3 Å². The van der Waals surface area contributed by atoms with Gasteiger partial charge in [0.25, 0.3) is 0 Å². The normalized spacial score (nSPS) is 12.8. The molecule has 0 spiro atoms. The van der Waals surface area contributed by atoms with Crippen molar-refractivity contribution in [3.63, 3.8) is 0 Å². The van der Waals surface area contributed by atoms with Gasteiger partial charge in [-0.3, -0.25) is 0 Å². The van der Waals surface area contributed by atoms with Crippen LogP contribution in [0.15, 0.2) is 16.7 Å². The highest BCUT2D eigenvalue weighted by molar-refractivity contribution is 9.10. The summed E-state index contributed by atoms with van der Waals surface area (Å²) in [6, 6.07) is 2.06. The van der Waals surface area contributed by atoms with E-state index in [0.717, 1.165) is 35.4 Å². The van der Waals surface area contributed by atoms with Gasteiger partial charge >= 0.3 is 0 Å². The van der Waals surface area contributed by atoms with Crippen LogP contribution in [0.1, 0.15) is 39.7 Å². The van der Waals surface area contributed by atoms with Crippen LogP contribution in [0, 0.1) is 5.92 Å². The lowest BCUT2D eigenvalue weighted by molar-refractivity contribution is 0.183. The van der Waals surface area contributed by atoms with Crippen molar-refractivity contribution in [1.29, 1.82) is 0 Å². The Morgan fingerprint density at radius 3 is 2.72 bits per heavy atom. The van der Waals surface area contributed by atoms with E-state index in [2.05, 4.69) is 60.0 Å². The number of ether oxygens (including phenoxy) is 1. The van der Waals surface area contributed by atoms with Crippen molar-refractivity contribution < 1.29 is 4.74 Å². The summed E-state index contributed by atoms with van der Waals surface area (Å²) in [4.78, 5) is 4.37. The van der Waals surface area contributed by atoms with E-state index in [9.17, 15) is 0 Å². The van der Waals surface area contributed by atoms with E-state index >= 15 is 0 Å². The number of pyridine rings is 1. The second-order valence-electron chi connectivity index (χ2n) is 4.96. The minimum Gasteiger partial charge on any atom is -0.474 e. The highest BCUT2D eigenvalue weighted by Gasteiger charge is 2.11. The largest absolute Gasteiger partial charge is 0.474 e. The molecule has 102 valence electrons. The van der Waals surface area contributed by atoms with E-state index < -0.39 is 0 Å². The van der Waals surface area contributed by atoms with E-state index in [0.29, 0.717) is 5.92 Å². The Hall–Kier alpha value is -0.610. The molecule has 1 unspecified atom stereocenters. The molecular formula is C14H23BrN2O. The van der Waals surface area contributed by atoms with Crippen LogP contribution in [0.2, 0.25) is 0 Å². The molecule has 0 saturated heterocycles. The maximum absolute atomic E-state index is 5.94. The lowest BCUT2D eigenvalue weighted by atomic mass is 10.1. The zero-order valence-corrected chi connectivity index (χ0v) is 13.3. The van der Waals surface area contributed by atoms with Crippen molar-refractivity contribution in [2.24, 2.45) is 5.92 Å². The molecule has 1 aromatic heterocycles. The lowest BCUT2D eigenvalue weighted by Gasteiger charge is -2.18. The SMILES string of the molecule is CCNCc1cc(Br)cnc1OC(C)CC(C)C. The Labute approximate surface area is 118 Å². The molecule has 0 saturated carbocycles. The van der Waals surface area contributed by atoms with Gasteiger partial charge in [0.1, 0.15) is 0 Å². The minimum absolute atomic E-state index is 0.194. The molecule has 0 aliphatic rings. The van der Waals surface area contributed by atoms with Gasteiger partial charge in [0, 0.05) is 22.8 Å². The monoisotopic (exact) mass is 314 g/mol. The predicted molar refractivity (Wildman–Crippen MR) is 78.9 cm³/mol. The van der Waals surface area contributed by atoms with Gasteiger partial charge in [-0.05, 0) is 47.8 Å². The molecule has 0 aromatic carbocycles. The molecule has 0 radical (unpaired) electrons. The Morgan fingerprint density at radius 1 is 1.39 bits per heavy atom. The van der Waals surface area contributed by atoms with E-state index in [-0.39, 0.29) is 6.10 Å². The van der Waals surface area contributed by atoms with Crippen molar-refractivity contribution >= 4 is 15.9 Å². The fraction of sp³-hybridized carbons (Fsp3) is 0.643. The molecule has 4 heteroatoms. The number of hydrogen-bond acceptors (Lipinski definition) is 3. The highest BCUT2D eigenvalue weighted by atomic mass is 79.9. The first-order chi connectivity index (χ1) is 8.52. The van der Waals surface area contributed by atoms with Crippen LogP contribution < -0.4 is 10.1 Å². The molecular weight excluding hydrogens is 292 g/mol. The van der Waals surface area contributed by atoms with Gasteiger partial charge < -0.3 is 10.1 Å². The van der Waals surface area contributed by atoms with Crippen LogP contribution in [-0.4, -0.2) is 17.6 Å². The van der Waals surface area contributed by atoms with E-state index in [1.54, 1.807) is 6.20 Å². The number of nitrogens with one attached hydrogen (secondary N) is 1. The molecule has 0 fully saturated rings. The number of rotatable bonds is 7. The number of halogens is 1. The van der Waals surface area contributed by atoms with Crippen LogP contribution in [0.25, 0.3) is 0 Å². The number of aromatic nitrogens is 1. The second-order valence-corrected chi connectivity index (χ2v) is 5.87. The average Bonchev–Trinajstić information content (AvgIpc) is 2.28. The third-order valence-corrected chi connectivity index (χ3v) is 3.01. The maximum atomic E-state index is 5.94. The van der Waals surface area contributed by atoms with E-state index in [4.69, 9.17) is 4.74 Å². The first kappa shape index (κ1) is 15.4. The van der Waals surface area contributed by atoms with Crippen LogP contribution in [-0.2, 0) is 6.54 Å². The molecule has 1 N–H and O–H groups in total. The quantitative estimate of drug-likeness (QED) is 0.832. The van der Waals surface area contributed by atoms with E-state index in [1.165, 1.54) is 0 Å². The molecule has 0 amide bonds. The Bertz CT molecular complexity index is 369. The van der Waals surface area contributed by atoms with Crippen LogP contribution in [0.3, 0.4) is 0 Å². The van der Waals surface area contributed by atoms with Crippen LogP contribution in [0.4, 0.5) is 0 Å². The lowest BCUT2D eigenvalue weighted by Crippen LogP contribution is -2.18. The summed E-state index contributed by atoms with van der Waals surface area (Å²) in [6.45, 7) is 10.3. The van der Waals surface area contributed by atoms with Gasteiger partial charge in [0.05, 0.1) is 6.10 Å². The summed E-state index contributed by atoms with van der Waals surface area (Å²) in [7, 11) is 0. The Balaban J connectivity index is 2.73. The number of hydrogen-bond donors (Lipinski definition) is 1. The Kier molecular flexibility index (Phi) is 6.65. The summed E-state index contributed by atoms with van der Waals surface area (Å²) in [5.74, 6) is 1.37. The van der Waals surface area contributed by atoms with Crippen molar-refractivity contribution in [3.8, 4) is 5.88 Å².